The summed E-state index contributed by atoms with van der Waals surface area (Å²) in [5.74, 6) is -0.714. The maximum Gasteiger partial charge on any atom is 0.256 e. The number of allylic oxidation sites excluding steroid dienone is 1. The highest BCUT2D eigenvalue weighted by Gasteiger charge is 2.32. The first-order chi connectivity index (χ1) is 9.93. The fourth-order valence-corrected chi connectivity index (χ4v) is 2.72. The molecule has 21 heavy (non-hydrogen) atoms. The first kappa shape index (κ1) is 16.1. The Morgan fingerprint density at radius 3 is 2.76 bits per heavy atom. The van der Waals surface area contributed by atoms with Gasteiger partial charge in [0.25, 0.3) is 6.43 Å². The quantitative estimate of drug-likeness (QED) is 0.561. The van der Waals surface area contributed by atoms with E-state index in [4.69, 9.17) is 4.74 Å². The SMILES string of the molecule is COc1ccc(C2=CCC(I)C(=O)N2CC(F)F)c(F)c1. The van der Waals surface area contributed by atoms with Gasteiger partial charge in [0.15, 0.2) is 0 Å². The van der Waals surface area contributed by atoms with Crippen LogP contribution in [0.5, 0.6) is 5.75 Å². The van der Waals surface area contributed by atoms with Crippen LogP contribution in [-0.2, 0) is 4.79 Å². The number of ether oxygens (including phenoxy) is 1. The van der Waals surface area contributed by atoms with E-state index in [0.29, 0.717) is 12.2 Å². The zero-order valence-electron chi connectivity index (χ0n) is 11.2. The van der Waals surface area contributed by atoms with Crippen molar-refractivity contribution in [1.29, 1.82) is 0 Å². The highest BCUT2D eigenvalue weighted by Crippen LogP contribution is 2.32. The number of hydrogen-bond acceptors (Lipinski definition) is 2. The van der Waals surface area contributed by atoms with Gasteiger partial charge in [-0.15, -0.1) is 0 Å². The number of carbonyl (C=O) groups is 1. The van der Waals surface area contributed by atoms with Crippen molar-refractivity contribution in [1.82, 2.24) is 4.90 Å². The molecule has 0 aromatic heterocycles. The largest absolute Gasteiger partial charge is 0.497 e. The summed E-state index contributed by atoms with van der Waals surface area (Å²) in [5, 5.41) is 0. The fraction of sp³-hybridized carbons (Fsp3) is 0.357. The highest BCUT2D eigenvalue weighted by molar-refractivity contribution is 14.1. The lowest BCUT2D eigenvalue weighted by atomic mass is 10.0. The monoisotopic (exact) mass is 411 g/mol. The van der Waals surface area contributed by atoms with Crippen molar-refractivity contribution < 1.29 is 22.7 Å². The second-order valence-electron chi connectivity index (χ2n) is 4.48. The minimum Gasteiger partial charge on any atom is -0.497 e. The number of nitrogens with zero attached hydrogens (tertiary/aromatic N) is 1. The van der Waals surface area contributed by atoms with Gasteiger partial charge in [0, 0.05) is 11.6 Å². The predicted octanol–water partition coefficient (Wildman–Crippen LogP) is 3.48. The average Bonchev–Trinajstić information content (AvgIpc) is 2.44. The minimum absolute atomic E-state index is 0.119. The molecule has 1 unspecified atom stereocenters. The number of rotatable bonds is 4. The number of amides is 1. The molecule has 0 aliphatic carbocycles. The van der Waals surface area contributed by atoms with Crippen LogP contribution in [0, 0.1) is 5.82 Å². The Hall–Kier alpha value is -1.25. The molecule has 2 rings (SSSR count). The van der Waals surface area contributed by atoms with Crippen LogP contribution < -0.4 is 4.74 Å². The maximum absolute atomic E-state index is 14.1. The number of halogens is 4. The van der Waals surface area contributed by atoms with Crippen molar-refractivity contribution in [3.05, 3.63) is 35.7 Å². The van der Waals surface area contributed by atoms with Crippen molar-refractivity contribution in [2.24, 2.45) is 0 Å². The van der Waals surface area contributed by atoms with Gasteiger partial charge in [-0.25, -0.2) is 13.2 Å². The molecule has 0 radical (unpaired) electrons. The van der Waals surface area contributed by atoms with E-state index < -0.39 is 28.6 Å². The van der Waals surface area contributed by atoms with Crippen LogP contribution in [0.3, 0.4) is 0 Å². The first-order valence-electron chi connectivity index (χ1n) is 6.21. The fourth-order valence-electron chi connectivity index (χ4n) is 2.13. The lowest BCUT2D eigenvalue weighted by molar-refractivity contribution is -0.128. The van der Waals surface area contributed by atoms with Crippen molar-refractivity contribution in [2.45, 2.75) is 16.8 Å². The van der Waals surface area contributed by atoms with Gasteiger partial charge in [-0.3, -0.25) is 4.79 Å². The minimum atomic E-state index is -2.68. The lowest BCUT2D eigenvalue weighted by Crippen LogP contribution is -2.41. The highest BCUT2D eigenvalue weighted by atomic mass is 127. The van der Waals surface area contributed by atoms with Crippen LogP contribution in [0.1, 0.15) is 12.0 Å². The molecule has 0 fully saturated rings. The summed E-state index contributed by atoms with van der Waals surface area (Å²) < 4.78 is 44.0. The van der Waals surface area contributed by atoms with Crippen LogP contribution in [0.4, 0.5) is 13.2 Å². The van der Waals surface area contributed by atoms with Crippen molar-refractivity contribution in [3.8, 4) is 5.75 Å². The summed E-state index contributed by atoms with van der Waals surface area (Å²) in [6.45, 7) is -0.740. The number of benzene rings is 1. The van der Waals surface area contributed by atoms with Gasteiger partial charge in [-0.05, 0) is 18.6 Å². The van der Waals surface area contributed by atoms with E-state index in [9.17, 15) is 18.0 Å². The van der Waals surface area contributed by atoms with Crippen LogP contribution in [0.15, 0.2) is 24.3 Å². The van der Waals surface area contributed by atoms with Crippen LogP contribution >= 0.6 is 22.6 Å². The number of carbonyl (C=O) groups excluding carboxylic acids is 1. The second-order valence-corrected chi connectivity index (χ2v) is 5.98. The van der Waals surface area contributed by atoms with E-state index in [1.54, 1.807) is 6.08 Å². The van der Waals surface area contributed by atoms with Gasteiger partial charge in [-0.1, -0.05) is 28.7 Å². The molecule has 1 aromatic carbocycles. The molecule has 7 heteroatoms. The van der Waals surface area contributed by atoms with Gasteiger partial charge in [0.1, 0.15) is 11.6 Å². The molecule has 0 saturated heterocycles. The Morgan fingerprint density at radius 1 is 1.48 bits per heavy atom. The Kier molecular flexibility index (Phi) is 5.13. The third-order valence-corrected chi connectivity index (χ3v) is 4.16. The van der Waals surface area contributed by atoms with Gasteiger partial charge < -0.3 is 9.64 Å². The van der Waals surface area contributed by atoms with Crippen LogP contribution in [0.2, 0.25) is 0 Å². The molecular weight excluding hydrogens is 398 g/mol. The molecular formula is C14H13F3INO2. The van der Waals surface area contributed by atoms with Crippen molar-refractivity contribution in [2.75, 3.05) is 13.7 Å². The summed E-state index contributed by atoms with van der Waals surface area (Å²) in [6, 6.07) is 4.12. The summed E-state index contributed by atoms with van der Waals surface area (Å²) >= 11 is 1.90. The molecule has 114 valence electrons. The van der Waals surface area contributed by atoms with Crippen molar-refractivity contribution >= 4 is 34.2 Å². The summed E-state index contributed by atoms with van der Waals surface area (Å²) in [7, 11) is 1.40. The van der Waals surface area contributed by atoms with Crippen LogP contribution in [-0.4, -0.2) is 34.8 Å². The summed E-state index contributed by atoms with van der Waals surface area (Å²) in [5.41, 5.74) is 0.307. The molecule has 0 saturated carbocycles. The van der Waals surface area contributed by atoms with Gasteiger partial charge >= 0.3 is 0 Å². The zero-order valence-corrected chi connectivity index (χ0v) is 13.3. The van der Waals surface area contributed by atoms with E-state index in [-0.39, 0.29) is 11.3 Å². The smallest absolute Gasteiger partial charge is 0.256 e. The van der Waals surface area contributed by atoms with Gasteiger partial charge in [-0.2, -0.15) is 0 Å². The number of methoxy groups -OCH3 is 1. The van der Waals surface area contributed by atoms with E-state index in [0.717, 1.165) is 11.0 Å². The molecule has 0 bridgehead atoms. The Bertz CT molecular complexity index is 577. The maximum atomic E-state index is 14.1. The van der Waals surface area contributed by atoms with E-state index in [1.807, 2.05) is 22.6 Å². The third kappa shape index (κ3) is 3.50. The molecule has 1 heterocycles. The molecule has 1 aromatic rings. The number of hydrogen-bond donors (Lipinski definition) is 0. The van der Waals surface area contributed by atoms with E-state index >= 15 is 0 Å². The summed E-state index contributed by atoms with van der Waals surface area (Å²) in [6.07, 6.45) is -0.675. The lowest BCUT2D eigenvalue weighted by Gasteiger charge is -2.31. The normalized spacial score (nSPS) is 19.0. The van der Waals surface area contributed by atoms with E-state index in [2.05, 4.69) is 0 Å². The average molecular weight is 411 g/mol. The Balaban J connectivity index is 2.41. The molecule has 3 nitrogen and oxygen atoms in total. The Morgan fingerprint density at radius 2 is 2.19 bits per heavy atom. The second kappa shape index (κ2) is 6.67. The topological polar surface area (TPSA) is 29.5 Å². The third-order valence-electron chi connectivity index (χ3n) is 3.12. The van der Waals surface area contributed by atoms with Crippen LogP contribution in [0.25, 0.3) is 5.70 Å². The molecule has 1 aliphatic rings. The van der Waals surface area contributed by atoms with Gasteiger partial charge in [0.05, 0.1) is 23.3 Å². The predicted molar refractivity (Wildman–Crippen MR) is 81.1 cm³/mol. The molecule has 1 atom stereocenters. The standard InChI is InChI=1S/C14H13F3INO2/c1-21-8-2-3-9(10(15)6-8)12-5-4-11(18)14(20)19(12)7-13(16)17/h2-3,5-6,11,13H,4,7H2,1H3. The van der Waals surface area contributed by atoms with Gasteiger partial charge in [0.2, 0.25) is 5.91 Å². The van der Waals surface area contributed by atoms with E-state index in [1.165, 1.54) is 19.2 Å². The summed E-state index contributed by atoms with van der Waals surface area (Å²) in [4.78, 5) is 13.0. The zero-order chi connectivity index (χ0) is 15.6. The number of alkyl halides is 3. The molecule has 1 amide bonds. The Labute approximate surface area is 133 Å². The van der Waals surface area contributed by atoms with Crippen molar-refractivity contribution in [3.63, 3.8) is 0 Å². The molecule has 0 N–H and O–H groups in total. The molecule has 1 aliphatic heterocycles. The first-order valence-corrected chi connectivity index (χ1v) is 7.46. The molecule has 0 spiro atoms.